The first-order valence-electron chi connectivity index (χ1n) is 9.17. The lowest BCUT2D eigenvalue weighted by Gasteiger charge is -2.26. The third-order valence-electron chi connectivity index (χ3n) is 5.00. The lowest BCUT2D eigenvalue weighted by atomic mass is 9.94. The largest absolute Gasteiger partial charge is 0.507 e. The topological polar surface area (TPSA) is 76.1 Å². The summed E-state index contributed by atoms with van der Waals surface area (Å²) in [4.78, 5) is 27.0. The summed E-state index contributed by atoms with van der Waals surface area (Å²) in [6.07, 6.45) is 0. The monoisotopic (exact) mass is 449 g/mol. The average Bonchev–Trinajstić information content (AvgIpc) is 2.96. The average molecular weight is 450 g/mol. The molecule has 0 radical (unpaired) electrons. The molecule has 2 aromatic rings. The van der Waals surface area contributed by atoms with Gasteiger partial charge in [-0.15, -0.1) is 0 Å². The summed E-state index contributed by atoms with van der Waals surface area (Å²) in [6, 6.07) is 8.95. The molecule has 1 heterocycles. The van der Waals surface area contributed by atoms with Gasteiger partial charge in [0, 0.05) is 29.3 Å². The summed E-state index contributed by atoms with van der Waals surface area (Å²) in [7, 11) is 3.05. The Bertz CT molecular complexity index is 1030. The predicted molar refractivity (Wildman–Crippen MR) is 115 cm³/mol. The van der Waals surface area contributed by atoms with Crippen molar-refractivity contribution in [3.63, 3.8) is 0 Å². The van der Waals surface area contributed by atoms with Gasteiger partial charge in [0.1, 0.15) is 11.5 Å². The number of ketones is 1. The number of aliphatic hydroxyl groups excluding tert-OH is 1. The second-order valence-corrected chi connectivity index (χ2v) is 7.68. The van der Waals surface area contributed by atoms with E-state index < -0.39 is 17.7 Å². The molecule has 6 nitrogen and oxygen atoms in total. The van der Waals surface area contributed by atoms with Crippen LogP contribution in [0.4, 0.5) is 0 Å². The predicted octanol–water partition coefficient (Wildman–Crippen LogP) is 4.38. The molecular weight excluding hydrogens is 429 g/mol. The maximum absolute atomic E-state index is 12.9. The van der Waals surface area contributed by atoms with Gasteiger partial charge >= 0.3 is 0 Å². The number of halogens is 2. The fourth-order valence-electron chi connectivity index (χ4n) is 3.53. The highest BCUT2D eigenvalue weighted by molar-refractivity contribution is 6.47. The van der Waals surface area contributed by atoms with Crippen molar-refractivity contribution in [2.24, 2.45) is 0 Å². The van der Waals surface area contributed by atoms with Gasteiger partial charge in [0.05, 0.1) is 25.3 Å². The number of methoxy groups -OCH3 is 2. The van der Waals surface area contributed by atoms with Crippen molar-refractivity contribution in [3.8, 4) is 5.75 Å². The zero-order valence-electron chi connectivity index (χ0n) is 16.7. The van der Waals surface area contributed by atoms with Gasteiger partial charge < -0.3 is 19.5 Å². The minimum absolute atomic E-state index is 0.0371. The third-order valence-corrected chi connectivity index (χ3v) is 5.56. The molecule has 30 heavy (non-hydrogen) atoms. The Labute approximate surface area is 184 Å². The zero-order valence-corrected chi connectivity index (χ0v) is 18.3. The van der Waals surface area contributed by atoms with Gasteiger partial charge in [-0.3, -0.25) is 9.59 Å². The van der Waals surface area contributed by atoms with Gasteiger partial charge in [0.15, 0.2) is 0 Å². The van der Waals surface area contributed by atoms with Crippen LogP contribution in [-0.2, 0) is 14.3 Å². The van der Waals surface area contributed by atoms with Crippen LogP contribution in [0.1, 0.15) is 22.7 Å². The number of benzene rings is 2. The molecule has 158 valence electrons. The van der Waals surface area contributed by atoms with Gasteiger partial charge in [0.2, 0.25) is 0 Å². The van der Waals surface area contributed by atoms with Crippen LogP contribution in [0.5, 0.6) is 5.75 Å². The first-order valence-corrected chi connectivity index (χ1v) is 9.93. The summed E-state index contributed by atoms with van der Waals surface area (Å²) >= 11 is 12.4. The Morgan fingerprint density at radius 3 is 2.47 bits per heavy atom. The first kappa shape index (κ1) is 22.2. The van der Waals surface area contributed by atoms with Crippen LogP contribution in [-0.4, -0.2) is 49.1 Å². The Balaban J connectivity index is 2.20. The fraction of sp³-hybridized carbons (Fsp3) is 0.273. The molecule has 0 unspecified atom stereocenters. The smallest absolute Gasteiger partial charge is 0.295 e. The molecule has 1 aliphatic rings. The third kappa shape index (κ3) is 4.03. The number of carbonyl (C=O) groups excluding carboxylic acids is 2. The number of likely N-dealkylation sites (tertiary alicyclic amines) is 1. The Kier molecular flexibility index (Phi) is 6.71. The number of amides is 1. The molecule has 0 bridgehead atoms. The van der Waals surface area contributed by atoms with Gasteiger partial charge in [-0.1, -0.05) is 29.3 Å². The number of ether oxygens (including phenoxy) is 2. The minimum Gasteiger partial charge on any atom is -0.507 e. The molecule has 0 aromatic heterocycles. The summed E-state index contributed by atoms with van der Waals surface area (Å²) in [5.74, 6) is -1.15. The van der Waals surface area contributed by atoms with Gasteiger partial charge in [-0.2, -0.15) is 0 Å². The Morgan fingerprint density at radius 2 is 1.87 bits per heavy atom. The highest BCUT2D eigenvalue weighted by Gasteiger charge is 2.46. The number of rotatable bonds is 6. The van der Waals surface area contributed by atoms with E-state index in [1.54, 1.807) is 37.4 Å². The van der Waals surface area contributed by atoms with Crippen LogP contribution >= 0.6 is 23.2 Å². The van der Waals surface area contributed by atoms with Crippen molar-refractivity contribution in [2.45, 2.75) is 13.0 Å². The fourth-order valence-corrected chi connectivity index (χ4v) is 4.04. The van der Waals surface area contributed by atoms with E-state index in [-0.39, 0.29) is 29.5 Å². The van der Waals surface area contributed by atoms with Crippen molar-refractivity contribution in [1.29, 1.82) is 0 Å². The van der Waals surface area contributed by atoms with Crippen LogP contribution in [0, 0.1) is 6.92 Å². The molecule has 0 saturated carbocycles. The summed E-state index contributed by atoms with van der Waals surface area (Å²) in [5.41, 5.74) is 1.62. The maximum Gasteiger partial charge on any atom is 0.295 e. The number of carbonyl (C=O) groups is 2. The van der Waals surface area contributed by atoms with Crippen LogP contribution < -0.4 is 4.74 Å². The standard InChI is InChI=1S/C22H21Cl2NO5/c1-12-10-13(4-7-17(12)30-3)20(26)18-19(15-6-5-14(23)11-16(15)24)25(8-9-29-2)22(28)21(18)27/h4-7,10-11,19,26H,8-9H2,1-3H3/b20-18+/t19-/m0/s1. The molecule has 0 aliphatic carbocycles. The van der Waals surface area contributed by atoms with Crippen LogP contribution in [0.15, 0.2) is 42.0 Å². The molecule has 2 aromatic carbocycles. The van der Waals surface area contributed by atoms with E-state index in [4.69, 9.17) is 32.7 Å². The molecular formula is C22H21Cl2NO5. The minimum atomic E-state index is -0.868. The lowest BCUT2D eigenvalue weighted by molar-refractivity contribution is -0.140. The highest BCUT2D eigenvalue weighted by atomic mass is 35.5. The summed E-state index contributed by atoms with van der Waals surface area (Å²) < 4.78 is 10.3. The van der Waals surface area contributed by atoms with E-state index in [2.05, 4.69) is 0 Å². The summed E-state index contributed by atoms with van der Waals surface area (Å²) in [5, 5.41) is 11.8. The number of hydrogen-bond acceptors (Lipinski definition) is 5. The molecule has 1 fully saturated rings. The molecule has 8 heteroatoms. The maximum atomic E-state index is 12.9. The second kappa shape index (κ2) is 9.08. The van der Waals surface area contributed by atoms with Gasteiger partial charge in [-0.25, -0.2) is 0 Å². The SMILES string of the molecule is COCCN1C(=O)C(=O)/C(=C(/O)c2ccc(OC)c(C)c2)[C@@H]1c1ccc(Cl)cc1Cl. The summed E-state index contributed by atoms with van der Waals surface area (Å²) in [6.45, 7) is 2.19. The van der Waals surface area contributed by atoms with E-state index in [0.717, 1.165) is 5.56 Å². The van der Waals surface area contributed by atoms with E-state index in [9.17, 15) is 14.7 Å². The van der Waals surface area contributed by atoms with Gasteiger partial charge in [-0.05, 0) is 48.4 Å². The van der Waals surface area contributed by atoms with Crippen molar-refractivity contribution in [3.05, 3.63) is 68.7 Å². The highest BCUT2D eigenvalue weighted by Crippen LogP contribution is 2.42. The quantitative estimate of drug-likeness (QED) is 0.402. The molecule has 1 atom stereocenters. The van der Waals surface area contributed by atoms with Crippen molar-refractivity contribution < 1.29 is 24.2 Å². The van der Waals surface area contributed by atoms with Gasteiger partial charge in [0.25, 0.3) is 11.7 Å². The zero-order chi connectivity index (χ0) is 22.0. The van der Waals surface area contributed by atoms with Crippen molar-refractivity contribution >= 4 is 40.7 Å². The van der Waals surface area contributed by atoms with E-state index >= 15 is 0 Å². The number of hydrogen-bond donors (Lipinski definition) is 1. The van der Waals surface area contributed by atoms with Crippen molar-refractivity contribution in [1.82, 2.24) is 4.90 Å². The van der Waals surface area contributed by atoms with E-state index in [0.29, 0.717) is 21.9 Å². The Morgan fingerprint density at radius 1 is 1.13 bits per heavy atom. The Hall–Kier alpha value is -2.54. The van der Waals surface area contributed by atoms with Crippen LogP contribution in [0.3, 0.4) is 0 Å². The van der Waals surface area contributed by atoms with E-state index in [1.807, 2.05) is 6.92 Å². The molecule has 0 spiro atoms. The number of Topliss-reactive ketones (excluding diaryl/α,β-unsaturated/α-hetero) is 1. The molecule has 1 N–H and O–H groups in total. The number of aryl methyl sites for hydroxylation is 1. The molecule has 1 saturated heterocycles. The molecule has 1 aliphatic heterocycles. The molecule has 1 amide bonds. The van der Waals surface area contributed by atoms with E-state index in [1.165, 1.54) is 18.1 Å². The van der Waals surface area contributed by atoms with Crippen molar-refractivity contribution in [2.75, 3.05) is 27.4 Å². The normalized spacial score (nSPS) is 18.2. The van der Waals surface area contributed by atoms with Crippen LogP contribution in [0.25, 0.3) is 5.76 Å². The van der Waals surface area contributed by atoms with Crippen LogP contribution in [0.2, 0.25) is 10.0 Å². The number of nitrogens with zero attached hydrogens (tertiary/aromatic N) is 1. The molecule has 3 rings (SSSR count). The second-order valence-electron chi connectivity index (χ2n) is 6.84. The lowest BCUT2D eigenvalue weighted by Crippen LogP contribution is -2.32. The first-order chi connectivity index (χ1) is 14.3. The number of aliphatic hydroxyl groups is 1.